The zero-order chi connectivity index (χ0) is 26.4. The number of nitrogens with zero attached hydrogens (tertiary/aromatic N) is 2. The van der Waals surface area contributed by atoms with Gasteiger partial charge in [-0.05, 0) is 65.9 Å². The van der Waals surface area contributed by atoms with E-state index in [0.717, 1.165) is 18.9 Å². The van der Waals surface area contributed by atoms with Crippen LogP contribution in [0.2, 0.25) is 0 Å². The molecule has 2 heterocycles. The molecule has 1 aromatic carbocycles. The molecule has 1 amide bonds. The number of hydrogen-bond acceptors (Lipinski definition) is 6. The first kappa shape index (κ1) is 25.8. The second-order valence-electron chi connectivity index (χ2n) is 10.6. The normalized spacial score (nSPS) is 18.8. The number of nitrogens with one attached hydrogen (secondary N) is 1. The molecule has 2 atom stereocenters. The smallest absolute Gasteiger partial charge is 0.407 e. The molecule has 2 N–H and O–H groups in total. The lowest BCUT2D eigenvalue weighted by Crippen LogP contribution is -2.42. The van der Waals surface area contributed by atoms with Gasteiger partial charge in [0.15, 0.2) is 11.6 Å². The quantitative estimate of drug-likeness (QED) is 0.579. The molecule has 1 saturated heterocycles. The summed E-state index contributed by atoms with van der Waals surface area (Å²) in [5.74, 6) is -1.68. The molecule has 2 fully saturated rings. The molecule has 2 aromatic rings. The van der Waals surface area contributed by atoms with Gasteiger partial charge in [0, 0.05) is 31.4 Å². The van der Waals surface area contributed by atoms with Crippen molar-refractivity contribution in [2.75, 3.05) is 24.6 Å². The number of hydrogen-bond donors (Lipinski definition) is 2. The Hall–Kier alpha value is -3.30. The van der Waals surface area contributed by atoms with Crippen LogP contribution in [0.25, 0.3) is 10.9 Å². The van der Waals surface area contributed by atoms with Gasteiger partial charge in [-0.1, -0.05) is 0 Å². The number of pyridine rings is 1. The van der Waals surface area contributed by atoms with Crippen LogP contribution in [-0.2, 0) is 4.74 Å². The number of aromatic carboxylic acids is 1. The van der Waals surface area contributed by atoms with Gasteiger partial charge < -0.3 is 29.4 Å². The number of carbonyl (C=O) groups is 2. The summed E-state index contributed by atoms with van der Waals surface area (Å²) in [6.07, 6.45) is 3.26. The molecule has 0 radical (unpaired) electrons. The molecular weight excluding hydrogens is 469 g/mol. The van der Waals surface area contributed by atoms with Crippen molar-refractivity contribution >= 4 is 28.7 Å². The van der Waals surface area contributed by atoms with Crippen LogP contribution in [0.4, 0.5) is 14.9 Å². The van der Waals surface area contributed by atoms with E-state index in [9.17, 15) is 19.5 Å². The van der Waals surface area contributed by atoms with Gasteiger partial charge >= 0.3 is 12.1 Å². The summed E-state index contributed by atoms with van der Waals surface area (Å²) >= 11 is 0. The van der Waals surface area contributed by atoms with Crippen molar-refractivity contribution in [3.63, 3.8) is 0 Å². The number of carbonyl (C=O) groups excluding carboxylic acids is 1. The monoisotopic (exact) mass is 503 g/mol. The van der Waals surface area contributed by atoms with Crippen LogP contribution in [0.1, 0.15) is 70.3 Å². The predicted molar refractivity (Wildman–Crippen MR) is 134 cm³/mol. The second kappa shape index (κ2) is 9.63. The largest absolute Gasteiger partial charge is 0.489 e. The Morgan fingerprint density at radius 1 is 1.28 bits per heavy atom. The van der Waals surface area contributed by atoms with Crippen LogP contribution in [-0.4, -0.2) is 53.1 Å². The second-order valence-corrected chi connectivity index (χ2v) is 10.6. The van der Waals surface area contributed by atoms with Crippen LogP contribution >= 0.6 is 0 Å². The van der Waals surface area contributed by atoms with Crippen LogP contribution in [0, 0.1) is 11.7 Å². The number of carboxylic acids is 1. The van der Waals surface area contributed by atoms with Crippen LogP contribution < -0.4 is 20.4 Å². The summed E-state index contributed by atoms with van der Waals surface area (Å²) < 4.78 is 28.7. The van der Waals surface area contributed by atoms with Crippen LogP contribution in [0.3, 0.4) is 0 Å². The lowest BCUT2D eigenvalue weighted by atomic mass is 10.0. The number of benzene rings is 1. The number of ether oxygens (including phenoxy) is 2. The zero-order valence-corrected chi connectivity index (χ0v) is 21.4. The topological polar surface area (TPSA) is 110 Å². The third-order valence-electron chi connectivity index (χ3n) is 6.65. The Balaban J connectivity index is 1.71. The molecule has 0 bridgehead atoms. The number of anilines is 1. The van der Waals surface area contributed by atoms with Gasteiger partial charge in [0.2, 0.25) is 5.43 Å². The lowest BCUT2D eigenvalue weighted by Gasteiger charge is -2.27. The first-order valence-electron chi connectivity index (χ1n) is 12.4. The molecule has 196 valence electrons. The molecule has 1 aliphatic carbocycles. The van der Waals surface area contributed by atoms with Gasteiger partial charge in [0.1, 0.15) is 16.9 Å². The highest BCUT2D eigenvalue weighted by molar-refractivity contribution is 5.97. The Labute approximate surface area is 209 Å². The maximum Gasteiger partial charge on any atom is 0.407 e. The maximum atomic E-state index is 15.6. The summed E-state index contributed by atoms with van der Waals surface area (Å²) in [4.78, 5) is 38.8. The van der Waals surface area contributed by atoms with Crippen molar-refractivity contribution in [1.82, 2.24) is 9.88 Å². The molecule has 1 saturated carbocycles. The van der Waals surface area contributed by atoms with E-state index in [0.29, 0.717) is 25.0 Å². The van der Waals surface area contributed by atoms with Crippen molar-refractivity contribution in [2.24, 2.45) is 5.92 Å². The van der Waals surface area contributed by atoms with Gasteiger partial charge in [-0.15, -0.1) is 0 Å². The average Bonchev–Trinajstić information content (AvgIpc) is 3.49. The van der Waals surface area contributed by atoms with Crippen molar-refractivity contribution in [1.29, 1.82) is 0 Å². The fourth-order valence-electron chi connectivity index (χ4n) is 4.82. The summed E-state index contributed by atoms with van der Waals surface area (Å²) in [5.41, 5.74) is -1.03. The average molecular weight is 504 g/mol. The lowest BCUT2D eigenvalue weighted by molar-refractivity contribution is 0.0494. The van der Waals surface area contributed by atoms with Gasteiger partial charge in [0.05, 0.1) is 17.5 Å². The van der Waals surface area contributed by atoms with Gasteiger partial charge in [0.25, 0.3) is 0 Å². The van der Waals surface area contributed by atoms with E-state index in [-0.39, 0.29) is 47.0 Å². The minimum Gasteiger partial charge on any atom is -0.489 e. The first-order chi connectivity index (χ1) is 16.9. The Kier molecular flexibility index (Phi) is 6.90. The minimum atomic E-state index is -1.34. The SMILES string of the molecule is CCOc1c(N2CC[C@@H](C(C)NC(=O)OC(C)(C)C)C2)c(F)cc2c(=O)c(C(=O)O)cn(C3CC3)c12. The van der Waals surface area contributed by atoms with Gasteiger partial charge in [-0.3, -0.25) is 4.79 Å². The van der Waals surface area contributed by atoms with Crippen molar-refractivity contribution in [3.8, 4) is 5.75 Å². The fraction of sp³-hybridized carbons (Fsp3) is 0.577. The van der Waals surface area contributed by atoms with Gasteiger partial charge in [-0.2, -0.15) is 0 Å². The summed E-state index contributed by atoms with van der Waals surface area (Å²) in [6, 6.07) is 0.969. The number of fused-ring (bicyclic) bond motifs is 1. The van der Waals surface area contributed by atoms with Crippen molar-refractivity contribution < 1.29 is 28.6 Å². The standard InChI is InChI=1S/C26H34FN3O6/c1-6-35-23-20-17(22(31)18(24(32)33)13-30(20)16-7-8-16)11-19(27)21(23)29-10-9-15(12-29)14(2)28-25(34)36-26(3,4)5/h11,13-16H,6-10,12H2,1-5H3,(H,28,34)(H,32,33)/t14?,15-/m1/s1. The number of rotatable bonds is 7. The van der Waals surface area contributed by atoms with E-state index in [4.69, 9.17) is 9.47 Å². The highest BCUT2D eigenvalue weighted by Crippen LogP contribution is 2.45. The molecule has 0 spiro atoms. The van der Waals surface area contributed by atoms with E-state index in [1.165, 1.54) is 6.20 Å². The predicted octanol–water partition coefficient (Wildman–Crippen LogP) is 4.31. The molecule has 10 heteroatoms. The number of carboxylic acid groups (broad SMARTS) is 1. The van der Waals surface area contributed by atoms with E-state index >= 15 is 4.39 Å². The number of amides is 1. The van der Waals surface area contributed by atoms with Crippen molar-refractivity contribution in [2.45, 2.75) is 71.6 Å². The third-order valence-corrected chi connectivity index (χ3v) is 6.65. The van der Waals surface area contributed by atoms with Crippen LogP contribution in [0.15, 0.2) is 17.1 Å². The van der Waals surface area contributed by atoms with E-state index < -0.39 is 28.9 Å². The van der Waals surface area contributed by atoms with Crippen molar-refractivity contribution in [3.05, 3.63) is 33.9 Å². The first-order valence-corrected chi connectivity index (χ1v) is 12.4. The van der Waals surface area contributed by atoms with Crippen LogP contribution in [0.5, 0.6) is 5.75 Å². The number of aromatic nitrogens is 1. The molecule has 36 heavy (non-hydrogen) atoms. The number of alkyl carbamates (subject to hydrolysis) is 1. The minimum absolute atomic E-state index is 0.00204. The molecule has 1 aromatic heterocycles. The zero-order valence-electron chi connectivity index (χ0n) is 21.4. The maximum absolute atomic E-state index is 15.6. The molecule has 2 aliphatic rings. The summed E-state index contributed by atoms with van der Waals surface area (Å²) in [5, 5.41) is 12.4. The molecule has 1 unspecified atom stereocenters. The Bertz CT molecular complexity index is 1250. The Morgan fingerprint density at radius 3 is 2.56 bits per heavy atom. The van der Waals surface area contributed by atoms with E-state index in [2.05, 4.69) is 5.32 Å². The van der Waals surface area contributed by atoms with E-state index in [1.54, 1.807) is 32.3 Å². The number of halogens is 1. The van der Waals surface area contributed by atoms with E-state index in [1.807, 2.05) is 11.8 Å². The molecular formula is C26H34FN3O6. The molecule has 9 nitrogen and oxygen atoms in total. The summed E-state index contributed by atoms with van der Waals surface area (Å²) in [6.45, 7) is 10.3. The highest BCUT2D eigenvalue weighted by Gasteiger charge is 2.35. The summed E-state index contributed by atoms with van der Waals surface area (Å²) in [7, 11) is 0. The molecule has 4 rings (SSSR count). The highest BCUT2D eigenvalue weighted by atomic mass is 19.1. The fourth-order valence-corrected chi connectivity index (χ4v) is 4.82. The third kappa shape index (κ3) is 5.12. The Morgan fingerprint density at radius 2 is 1.97 bits per heavy atom. The molecule has 1 aliphatic heterocycles. The van der Waals surface area contributed by atoms with Gasteiger partial charge in [-0.25, -0.2) is 14.0 Å².